The number of aliphatic hydroxyl groups is 1. The number of rotatable bonds is 2. The summed E-state index contributed by atoms with van der Waals surface area (Å²) in [5.74, 6) is 0. The van der Waals surface area contributed by atoms with Crippen molar-refractivity contribution >= 4 is 15.9 Å². The normalized spacial score (nSPS) is 13.6. The quantitative estimate of drug-likeness (QED) is 0.483. The predicted octanol–water partition coefficient (Wildman–Crippen LogP) is 1.32. The molecule has 0 unspecified atom stereocenters. The third-order valence-electron chi connectivity index (χ3n) is 0.695. The second-order valence-corrected chi connectivity index (χ2v) is 2.60. The summed E-state index contributed by atoms with van der Waals surface area (Å²) in [6.07, 6.45) is 0. The van der Waals surface area contributed by atoms with E-state index < -0.39 is 0 Å². The van der Waals surface area contributed by atoms with Gasteiger partial charge in [-0.3, -0.25) is 0 Å². The average Bonchev–Trinajstić information content (AvgIpc) is 1.65. The lowest BCUT2D eigenvalue weighted by atomic mass is 10.3. The fourth-order valence-electron chi connectivity index (χ4n) is 0.156. The largest absolute Gasteiger partial charge is 0.395 e. The molecule has 0 aromatic rings. The van der Waals surface area contributed by atoms with Crippen LogP contribution in [0.4, 0.5) is 0 Å². The fraction of sp³-hybridized carbons (Fsp3) is 0.600. The van der Waals surface area contributed by atoms with Gasteiger partial charge in [0.05, 0.1) is 11.4 Å². The molecule has 0 aromatic heterocycles. The molecule has 0 aliphatic carbocycles. The molecule has 0 fully saturated rings. The first-order valence-electron chi connectivity index (χ1n) is 2.08. The Hall–Kier alpha value is 0.180. The van der Waals surface area contributed by atoms with Crippen molar-refractivity contribution in [2.75, 3.05) is 6.61 Å². The molecule has 0 spiro atoms. The summed E-state index contributed by atoms with van der Waals surface area (Å²) in [4.78, 5) is 0.0764. The molecule has 0 aromatic carbocycles. The minimum atomic E-state index is 0.0764. The maximum absolute atomic E-state index is 8.40. The van der Waals surface area contributed by atoms with E-state index in [-0.39, 0.29) is 11.4 Å². The van der Waals surface area contributed by atoms with Crippen LogP contribution in [0, 0.1) is 0 Å². The van der Waals surface area contributed by atoms with E-state index in [1.165, 1.54) is 0 Å². The molecule has 1 atom stereocenters. The summed E-state index contributed by atoms with van der Waals surface area (Å²) in [6.45, 7) is 5.62. The van der Waals surface area contributed by atoms with Gasteiger partial charge in [-0.25, -0.2) is 0 Å². The topological polar surface area (TPSA) is 20.2 Å². The van der Waals surface area contributed by atoms with Crippen molar-refractivity contribution in [2.45, 2.75) is 11.8 Å². The summed E-state index contributed by atoms with van der Waals surface area (Å²) in [6, 6.07) is 0. The van der Waals surface area contributed by atoms with Crippen LogP contribution in [-0.4, -0.2) is 16.5 Å². The summed E-state index contributed by atoms with van der Waals surface area (Å²) >= 11 is 3.19. The van der Waals surface area contributed by atoms with Crippen LogP contribution < -0.4 is 0 Å². The van der Waals surface area contributed by atoms with Gasteiger partial charge in [0.25, 0.3) is 0 Å². The standard InChI is InChI=1S/C5H9BrO/c1-4(2)5(6)3-7/h5,7H,1,3H2,2H3/t5-/m0/s1. The summed E-state index contributed by atoms with van der Waals surface area (Å²) in [5, 5.41) is 8.40. The van der Waals surface area contributed by atoms with Gasteiger partial charge in [0, 0.05) is 0 Å². The van der Waals surface area contributed by atoms with Crippen LogP contribution in [0.1, 0.15) is 6.92 Å². The monoisotopic (exact) mass is 164 g/mol. The van der Waals surface area contributed by atoms with E-state index in [4.69, 9.17) is 5.11 Å². The first kappa shape index (κ1) is 7.18. The number of hydrogen-bond acceptors (Lipinski definition) is 1. The second-order valence-electron chi connectivity index (χ2n) is 1.50. The first-order valence-corrected chi connectivity index (χ1v) is 3.00. The maximum Gasteiger partial charge on any atom is 0.0594 e. The van der Waals surface area contributed by atoms with E-state index in [0.29, 0.717) is 0 Å². The Balaban J connectivity index is 3.34. The average molecular weight is 165 g/mol. The zero-order valence-electron chi connectivity index (χ0n) is 4.32. The molecule has 0 radical (unpaired) electrons. The van der Waals surface area contributed by atoms with Gasteiger partial charge in [-0.1, -0.05) is 28.1 Å². The van der Waals surface area contributed by atoms with Crippen molar-refractivity contribution in [3.8, 4) is 0 Å². The molecule has 0 amide bonds. The van der Waals surface area contributed by atoms with E-state index in [2.05, 4.69) is 22.5 Å². The van der Waals surface area contributed by atoms with Crippen LogP contribution in [0.2, 0.25) is 0 Å². The highest BCUT2D eigenvalue weighted by molar-refractivity contribution is 9.09. The summed E-state index contributed by atoms with van der Waals surface area (Å²) in [5.41, 5.74) is 0.961. The number of alkyl halides is 1. The van der Waals surface area contributed by atoms with Gasteiger partial charge >= 0.3 is 0 Å². The number of halogens is 1. The molecule has 1 N–H and O–H groups in total. The van der Waals surface area contributed by atoms with E-state index >= 15 is 0 Å². The van der Waals surface area contributed by atoms with Crippen molar-refractivity contribution in [1.29, 1.82) is 0 Å². The molecule has 0 aliphatic heterocycles. The summed E-state index contributed by atoms with van der Waals surface area (Å²) < 4.78 is 0. The molecule has 0 heterocycles. The minimum absolute atomic E-state index is 0.0764. The molecule has 7 heavy (non-hydrogen) atoms. The first-order chi connectivity index (χ1) is 3.18. The third-order valence-corrected chi connectivity index (χ3v) is 1.77. The molecular weight excluding hydrogens is 156 g/mol. The van der Waals surface area contributed by atoms with Gasteiger partial charge in [-0.2, -0.15) is 0 Å². The Labute approximate surface area is 52.2 Å². The molecule has 42 valence electrons. The van der Waals surface area contributed by atoms with E-state index in [0.717, 1.165) is 5.57 Å². The molecule has 2 heteroatoms. The van der Waals surface area contributed by atoms with Crippen molar-refractivity contribution in [1.82, 2.24) is 0 Å². The van der Waals surface area contributed by atoms with E-state index in [1.54, 1.807) is 0 Å². The third kappa shape index (κ3) is 2.83. The minimum Gasteiger partial charge on any atom is -0.395 e. The fourth-order valence-corrected chi connectivity index (χ4v) is 0.156. The molecule has 0 aliphatic rings. The van der Waals surface area contributed by atoms with Gasteiger partial charge in [0.15, 0.2) is 0 Å². The van der Waals surface area contributed by atoms with E-state index in [1.807, 2.05) is 6.92 Å². The Bertz CT molecular complexity index is 70.5. The number of hydrogen-bond donors (Lipinski definition) is 1. The van der Waals surface area contributed by atoms with Crippen LogP contribution in [0.15, 0.2) is 12.2 Å². The van der Waals surface area contributed by atoms with Crippen molar-refractivity contribution in [3.63, 3.8) is 0 Å². The molecule has 0 bridgehead atoms. The van der Waals surface area contributed by atoms with Crippen molar-refractivity contribution in [2.24, 2.45) is 0 Å². The van der Waals surface area contributed by atoms with Crippen LogP contribution in [0.5, 0.6) is 0 Å². The molecule has 0 saturated heterocycles. The Morgan fingerprint density at radius 2 is 2.43 bits per heavy atom. The highest BCUT2D eigenvalue weighted by atomic mass is 79.9. The van der Waals surface area contributed by atoms with Crippen molar-refractivity contribution in [3.05, 3.63) is 12.2 Å². The van der Waals surface area contributed by atoms with Crippen LogP contribution >= 0.6 is 15.9 Å². The molecule has 1 nitrogen and oxygen atoms in total. The van der Waals surface area contributed by atoms with Gasteiger partial charge in [-0.15, -0.1) is 0 Å². The molecular formula is C5H9BrO. The lowest BCUT2D eigenvalue weighted by molar-refractivity contribution is 0.306. The highest BCUT2D eigenvalue weighted by Gasteiger charge is 1.98. The van der Waals surface area contributed by atoms with Gasteiger partial charge < -0.3 is 5.11 Å². The lowest BCUT2D eigenvalue weighted by Gasteiger charge is -2.01. The van der Waals surface area contributed by atoms with E-state index in [9.17, 15) is 0 Å². The van der Waals surface area contributed by atoms with Gasteiger partial charge in [0.2, 0.25) is 0 Å². The van der Waals surface area contributed by atoms with Crippen LogP contribution in [0.25, 0.3) is 0 Å². The Morgan fingerprint density at radius 1 is 2.00 bits per heavy atom. The Morgan fingerprint density at radius 3 is 2.43 bits per heavy atom. The van der Waals surface area contributed by atoms with Crippen molar-refractivity contribution < 1.29 is 5.11 Å². The predicted molar refractivity (Wildman–Crippen MR) is 34.6 cm³/mol. The lowest BCUT2D eigenvalue weighted by Crippen LogP contribution is -2.03. The zero-order chi connectivity index (χ0) is 5.86. The zero-order valence-corrected chi connectivity index (χ0v) is 5.90. The van der Waals surface area contributed by atoms with Crippen LogP contribution in [0.3, 0.4) is 0 Å². The van der Waals surface area contributed by atoms with Gasteiger partial charge in [0.1, 0.15) is 0 Å². The second kappa shape index (κ2) is 3.22. The number of aliphatic hydroxyl groups excluding tert-OH is 1. The molecule has 0 rings (SSSR count). The highest BCUT2D eigenvalue weighted by Crippen LogP contribution is 2.06. The maximum atomic E-state index is 8.40. The SMILES string of the molecule is C=C(C)[C@@H](Br)CO. The smallest absolute Gasteiger partial charge is 0.0594 e. The Kier molecular flexibility index (Phi) is 3.30. The molecule has 0 saturated carbocycles. The summed E-state index contributed by atoms with van der Waals surface area (Å²) in [7, 11) is 0. The van der Waals surface area contributed by atoms with Gasteiger partial charge in [-0.05, 0) is 6.92 Å². The van der Waals surface area contributed by atoms with Crippen LogP contribution in [-0.2, 0) is 0 Å².